The highest BCUT2D eigenvalue weighted by molar-refractivity contribution is 5.07. The van der Waals surface area contributed by atoms with Gasteiger partial charge in [0.05, 0.1) is 0 Å². The Bertz CT molecular complexity index is 291. The Morgan fingerprint density at radius 1 is 1.06 bits per heavy atom. The van der Waals surface area contributed by atoms with Crippen molar-refractivity contribution in [3.8, 4) is 0 Å². The molecule has 5 rings (SSSR count). The minimum Gasteiger partial charge on any atom is -0.313 e. The van der Waals surface area contributed by atoms with Crippen LogP contribution >= 0.6 is 0 Å². The molecule has 0 amide bonds. The molecule has 1 N–H and O–H groups in total. The minimum atomic E-state index is 0.724. The van der Waals surface area contributed by atoms with Gasteiger partial charge < -0.3 is 5.32 Å². The van der Waals surface area contributed by atoms with Gasteiger partial charge in [0, 0.05) is 12.6 Å². The third-order valence-electron chi connectivity index (χ3n) is 5.82. The Balaban J connectivity index is 1.54. The second-order valence-electron chi connectivity index (χ2n) is 7.93. The van der Waals surface area contributed by atoms with Gasteiger partial charge in [-0.05, 0) is 74.0 Å². The molecule has 0 aromatic rings. The Labute approximate surface area is 99.4 Å². The van der Waals surface area contributed by atoms with Crippen LogP contribution in [0.25, 0.3) is 0 Å². The van der Waals surface area contributed by atoms with E-state index in [0.717, 1.165) is 28.7 Å². The maximum absolute atomic E-state index is 3.83. The molecule has 1 nitrogen and oxygen atoms in total. The summed E-state index contributed by atoms with van der Waals surface area (Å²) in [5, 5.41) is 3.83. The van der Waals surface area contributed by atoms with Crippen molar-refractivity contribution in [1.29, 1.82) is 0 Å². The van der Waals surface area contributed by atoms with Crippen LogP contribution in [0.15, 0.2) is 0 Å². The molecule has 0 aromatic carbocycles. The quantitative estimate of drug-likeness (QED) is 0.767. The summed E-state index contributed by atoms with van der Waals surface area (Å²) in [5.74, 6) is 2.18. The zero-order valence-electron chi connectivity index (χ0n) is 10.6. The molecule has 2 atom stereocenters. The molecule has 1 heteroatoms. The van der Waals surface area contributed by atoms with E-state index in [-0.39, 0.29) is 0 Å². The van der Waals surface area contributed by atoms with Crippen LogP contribution in [-0.2, 0) is 0 Å². The average molecular weight is 219 g/mol. The highest BCUT2D eigenvalue weighted by Gasteiger charge is 2.55. The SMILES string of the molecule is CC12CC3CC(C1)CC(CNC1CC1)(C3)C2. The van der Waals surface area contributed by atoms with Crippen molar-refractivity contribution in [3.05, 3.63) is 0 Å². The molecule has 0 aromatic heterocycles. The van der Waals surface area contributed by atoms with Crippen LogP contribution < -0.4 is 5.32 Å². The molecule has 5 saturated carbocycles. The average Bonchev–Trinajstić information content (AvgIpc) is 2.93. The van der Waals surface area contributed by atoms with E-state index in [1.807, 2.05) is 0 Å². The Morgan fingerprint density at radius 2 is 1.75 bits per heavy atom. The molecular formula is C15H25N. The van der Waals surface area contributed by atoms with Gasteiger partial charge in [-0.2, -0.15) is 0 Å². The topological polar surface area (TPSA) is 12.0 Å². The van der Waals surface area contributed by atoms with Crippen LogP contribution in [0.5, 0.6) is 0 Å². The van der Waals surface area contributed by atoms with Crippen LogP contribution in [-0.4, -0.2) is 12.6 Å². The van der Waals surface area contributed by atoms with Gasteiger partial charge in [-0.15, -0.1) is 0 Å². The first-order valence-electron chi connectivity index (χ1n) is 7.38. The van der Waals surface area contributed by atoms with Gasteiger partial charge in [-0.1, -0.05) is 6.92 Å². The van der Waals surface area contributed by atoms with Crippen molar-refractivity contribution in [2.24, 2.45) is 22.7 Å². The first-order chi connectivity index (χ1) is 7.65. The molecule has 90 valence electrons. The second kappa shape index (κ2) is 3.04. The summed E-state index contributed by atoms with van der Waals surface area (Å²) < 4.78 is 0. The van der Waals surface area contributed by atoms with Gasteiger partial charge in [0.25, 0.3) is 0 Å². The van der Waals surface area contributed by atoms with E-state index in [1.54, 1.807) is 32.1 Å². The number of nitrogens with one attached hydrogen (secondary N) is 1. The van der Waals surface area contributed by atoms with Crippen molar-refractivity contribution in [1.82, 2.24) is 5.32 Å². The van der Waals surface area contributed by atoms with E-state index >= 15 is 0 Å². The lowest BCUT2D eigenvalue weighted by molar-refractivity contribution is -0.0999. The number of hydrogen-bond donors (Lipinski definition) is 1. The highest BCUT2D eigenvalue weighted by atomic mass is 15.0. The smallest absolute Gasteiger partial charge is 0.00684 e. The lowest BCUT2D eigenvalue weighted by atomic mass is 9.44. The molecule has 0 radical (unpaired) electrons. The monoisotopic (exact) mass is 219 g/mol. The van der Waals surface area contributed by atoms with Gasteiger partial charge >= 0.3 is 0 Å². The predicted molar refractivity (Wildman–Crippen MR) is 66.2 cm³/mol. The van der Waals surface area contributed by atoms with Crippen molar-refractivity contribution >= 4 is 0 Å². The van der Waals surface area contributed by atoms with Crippen LogP contribution in [0.1, 0.15) is 58.3 Å². The van der Waals surface area contributed by atoms with Gasteiger partial charge in [0.15, 0.2) is 0 Å². The molecular weight excluding hydrogens is 194 g/mol. The fourth-order valence-corrected chi connectivity index (χ4v) is 5.78. The fraction of sp³-hybridized carbons (Fsp3) is 1.00. The standard InChI is InChI=1S/C15H25N/c1-14-5-11-4-12(6-14)8-15(7-11,9-14)10-16-13-2-3-13/h11-13,16H,2-10H2,1H3. The molecule has 0 heterocycles. The molecule has 0 spiro atoms. The first kappa shape index (κ1) is 9.94. The summed E-state index contributed by atoms with van der Waals surface area (Å²) in [6.07, 6.45) is 12.2. The molecule has 0 saturated heterocycles. The van der Waals surface area contributed by atoms with Crippen molar-refractivity contribution < 1.29 is 0 Å². The third-order valence-corrected chi connectivity index (χ3v) is 5.82. The summed E-state index contributed by atoms with van der Waals surface area (Å²) in [7, 11) is 0. The maximum atomic E-state index is 3.83. The number of rotatable bonds is 3. The van der Waals surface area contributed by atoms with E-state index < -0.39 is 0 Å². The van der Waals surface area contributed by atoms with Crippen LogP contribution in [0, 0.1) is 22.7 Å². The normalized spacial score (nSPS) is 54.6. The summed E-state index contributed by atoms with van der Waals surface area (Å²) in [6, 6.07) is 0.904. The molecule has 4 bridgehead atoms. The van der Waals surface area contributed by atoms with Crippen LogP contribution in [0.2, 0.25) is 0 Å². The molecule has 16 heavy (non-hydrogen) atoms. The van der Waals surface area contributed by atoms with E-state index in [2.05, 4.69) is 12.2 Å². The van der Waals surface area contributed by atoms with E-state index in [0.29, 0.717) is 0 Å². The van der Waals surface area contributed by atoms with Crippen LogP contribution in [0.3, 0.4) is 0 Å². The van der Waals surface area contributed by atoms with Gasteiger partial charge in [-0.3, -0.25) is 0 Å². The summed E-state index contributed by atoms with van der Waals surface area (Å²) in [4.78, 5) is 0. The minimum absolute atomic E-state index is 0.724. The van der Waals surface area contributed by atoms with Crippen molar-refractivity contribution in [2.45, 2.75) is 64.3 Å². The predicted octanol–water partition coefficient (Wildman–Crippen LogP) is 3.34. The maximum Gasteiger partial charge on any atom is 0.00684 e. The number of hydrogen-bond acceptors (Lipinski definition) is 1. The Kier molecular flexibility index (Phi) is 1.89. The molecule has 5 fully saturated rings. The van der Waals surface area contributed by atoms with Gasteiger partial charge in [-0.25, -0.2) is 0 Å². The molecule has 0 aliphatic heterocycles. The largest absolute Gasteiger partial charge is 0.313 e. The highest BCUT2D eigenvalue weighted by Crippen LogP contribution is 2.64. The van der Waals surface area contributed by atoms with Gasteiger partial charge in [0.2, 0.25) is 0 Å². The fourth-order valence-electron chi connectivity index (χ4n) is 5.78. The zero-order chi connectivity index (χ0) is 10.8. The van der Waals surface area contributed by atoms with E-state index in [4.69, 9.17) is 0 Å². The third kappa shape index (κ3) is 1.54. The van der Waals surface area contributed by atoms with Crippen LogP contribution in [0.4, 0.5) is 0 Å². The molecule has 2 unspecified atom stereocenters. The Morgan fingerprint density at radius 3 is 2.31 bits per heavy atom. The molecule has 5 aliphatic carbocycles. The first-order valence-corrected chi connectivity index (χ1v) is 7.38. The lowest BCUT2D eigenvalue weighted by Crippen LogP contribution is -2.54. The van der Waals surface area contributed by atoms with Crippen molar-refractivity contribution in [2.75, 3.05) is 6.54 Å². The van der Waals surface area contributed by atoms with E-state index in [9.17, 15) is 0 Å². The van der Waals surface area contributed by atoms with Gasteiger partial charge in [0.1, 0.15) is 0 Å². The second-order valence-corrected chi connectivity index (χ2v) is 7.93. The summed E-state index contributed by atoms with van der Waals surface area (Å²) in [5.41, 5.74) is 1.46. The Hall–Kier alpha value is -0.0400. The molecule has 5 aliphatic rings. The summed E-state index contributed by atoms with van der Waals surface area (Å²) in [6.45, 7) is 3.93. The van der Waals surface area contributed by atoms with E-state index in [1.165, 1.54) is 25.8 Å². The lowest BCUT2D eigenvalue weighted by Gasteiger charge is -2.61. The van der Waals surface area contributed by atoms with Crippen molar-refractivity contribution in [3.63, 3.8) is 0 Å². The summed E-state index contributed by atoms with van der Waals surface area (Å²) >= 11 is 0. The zero-order valence-corrected chi connectivity index (χ0v) is 10.6.